The van der Waals surface area contributed by atoms with Crippen molar-refractivity contribution in [3.05, 3.63) is 0 Å². The van der Waals surface area contributed by atoms with E-state index in [2.05, 4.69) is 24.7 Å². The molecule has 0 fully saturated rings. The van der Waals surface area contributed by atoms with Gasteiger partial charge in [-0.25, -0.2) is 9.80 Å². The Morgan fingerprint density at radius 1 is 0.429 bits per heavy atom. The smallest absolute Gasteiger partial charge is 0.332 e. The van der Waals surface area contributed by atoms with Gasteiger partial charge in [0.25, 0.3) is 0 Å². The Hall–Kier alpha value is -0.810. The van der Waals surface area contributed by atoms with Gasteiger partial charge >= 0.3 is 6.03 Å². The fourth-order valence-corrected chi connectivity index (χ4v) is 6.01. The number of hydrazine groups is 2. The van der Waals surface area contributed by atoms with Crippen LogP contribution in [0.25, 0.3) is 0 Å². The summed E-state index contributed by atoms with van der Waals surface area (Å²) < 4.78 is 0. The molecular formula is C37H78N4O. The molecule has 0 aromatic rings. The highest BCUT2D eigenvalue weighted by Gasteiger charge is 2.10. The summed E-state index contributed by atoms with van der Waals surface area (Å²) in [6, 6.07) is -0.0839. The highest BCUT2D eigenvalue weighted by molar-refractivity contribution is 5.73. The summed E-state index contributed by atoms with van der Waals surface area (Å²) in [5, 5.41) is 4.57. The molecule has 2 amide bonds. The van der Waals surface area contributed by atoms with Crippen LogP contribution in [0.15, 0.2) is 0 Å². The van der Waals surface area contributed by atoms with Crippen LogP contribution < -0.4 is 16.7 Å². The van der Waals surface area contributed by atoms with E-state index in [0.717, 1.165) is 19.4 Å². The van der Waals surface area contributed by atoms with E-state index in [1.54, 1.807) is 0 Å². The summed E-state index contributed by atoms with van der Waals surface area (Å²) in [4.78, 5) is 12.4. The standard InChI is InChI=1S/C37H78N4O/c1-3-5-7-9-11-13-15-17-19-21-23-25-27-29-31-33-35-39-37(42)41(40-38)36-34-32-30-28-26-24-22-20-18-16-14-12-10-8-6-4-2/h40H,3-36,38H2,1-2H3,(H,39,42). The maximum absolute atomic E-state index is 12.4. The van der Waals surface area contributed by atoms with Crippen LogP contribution in [0.3, 0.4) is 0 Å². The number of nitrogens with two attached hydrogens (primary N) is 1. The molecule has 0 heterocycles. The monoisotopic (exact) mass is 595 g/mol. The number of rotatable bonds is 35. The van der Waals surface area contributed by atoms with Crippen molar-refractivity contribution < 1.29 is 4.79 Å². The fourth-order valence-electron chi connectivity index (χ4n) is 6.01. The summed E-state index contributed by atoms with van der Waals surface area (Å²) in [6.45, 7) is 6.00. The number of carbonyl (C=O) groups is 1. The van der Waals surface area contributed by atoms with Gasteiger partial charge in [-0.15, -0.1) is 0 Å². The molecule has 5 heteroatoms. The van der Waals surface area contributed by atoms with Gasteiger partial charge in [0.1, 0.15) is 0 Å². The van der Waals surface area contributed by atoms with Crippen molar-refractivity contribution in [3.63, 3.8) is 0 Å². The molecule has 0 aliphatic heterocycles. The van der Waals surface area contributed by atoms with Crippen LogP contribution in [0.4, 0.5) is 4.79 Å². The largest absolute Gasteiger partial charge is 0.337 e. The van der Waals surface area contributed by atoms with E-state index in [1.807, 2.05) is 0 Å². The van der Waals surface area contributed by atoms with Gasteiger partial charge in [0.2, 0.25) is 0 Å². The first kappa shape index (κ1) is 41.2. The molecule has 0 aliphatic rings. The van der Waals surface area contributed by atoms with Crippen LogP contribution in [-0.4, -0.2) is 24.1 Å². The van der Waals surface area contributed by atoms with E-state index >= 15 is 0 Å². The quantitative estimate of drug-likeness (QED) is 0.0388. The number of nitrogens with zero attached hydrogens (tertiary/aromatic N) is 1. The Balaban J connectivity index is 3.37. The number of amides is 2. The van der Waals surface area contributed by atoms with Gasteiger partial charge in [-0.1, -0.05) is 206 Å². The van der Waals surface area contributed by atoms with Gasteiger partial charge in [-0.3, -0.25) is 5.84 Å². The lowest BCUT2D eigenvalue weighted by atomic mass is 10.0. The molecule has 0 aliphatic carbocycles. The first-order chi connectivity index (χ1) is 20.8. The third-order valence-electron chi connectivity index (χ3n) is 8.94. The molecule has 0 bridgehead atoms. The normalized spacial score (nSPS) is 11.3. The summed E-state index contributed by atoms with van der Waals surface area (Å²) in [7, 11) is 0. The minimum atomic E-state index is -0.0839. The molecular weight excluding hydrogens is 516 g/mol. The molecule has 42 heavy (non-hydrogen) atoms. The molecule has 0 saturated heterocycles. The number of unbranched alkanes of at least 4 members (excludes halogenated alkanes) is 30. The minimum absolute atomic E-state index is 0.0839. The SMILES string of the molecule is CCCCCCCCCCCCCCCCCCNC(=O)N(CCCCCCCCCCCCCCCCCC)NN. The second-order valence-electron chi connectivity index (χ2n) is 13.1. The topological polar surface area (TPSA) is 70.4 Å². The summed E-state index contributed by atoms with van der Waals surface area (Å²) >= 11 is 0. The zero-order chi connectivity index (χ0) is 30.6. The Kier molecular flexibility index (Phi) is 35.7. The number of hydrogen-bond acceptors (Lipinski definition) is 3. The first-order valence-corrected chi connectivity index (χ1v) is 19.3. The van der Waals surface area contributed by atoms with Crippen molar-refractivity contribution in [2.45, 2.75) is 219 Å². The van der Waals surface area contributed by atoms with Crippen molar-refractivity contribution in [2.75, 3.05) is 13.1 Å². The van der Waals surface area contributed by atoms with Gasteiger partial charge in [-0.05, 0) is 12.8 Å². The van der Waals surface area contributed by atoms with Crippen LogP contribution in [0.2, 0.25) is 0 Å². The zero-order valence-electron chi connectivity index (χ0n) is 29.0. The van der Waals surface area contributed by atoms with Crippen molar-refractivity contribution in [3.8, 4) is 0 Å². The third-order valence-corrected chi connectivity index (χ3v) is 8.94. The molecule has 252 valence electrons. The Morgan fingerprint density at radius 2 is 0.690 bits per heavy atom. The van der Waals surface area contributed by atoms with Crippen molar-refractivity contribution in [2.24, 2.45) is 5.84 Å². The van der Waals surface area contributed by atoms with E-state index in [-0.39, 0.29) is 6.03 Å². The Labute approximate surface area is 264 Å². The van der Waals surface area contributed by atoms with Crippen molar-refractivity contribution >= 4 is 6.03 Å². The molecule has 0 aromatic heterocycles. The summed E-state index contributed by atoms with van der Waals surface area (Å²) in [5.41, 5.74) is 2.58. The third kappa shape index (κ3) is 32.1. The molecule has 0 saturated carbocycles. The average Bonchev–Trinajstić information content (AvgIpc) is 3.00. The van der Waals surface area contributed by atoms with E-state index < -0.39 is 0 Å². The molecule has 0 spiro atoms. The summed E-state index contributed by atoms with van der Waals surface area (Å²) in [5.74, 6) is 5.62. The van der Waals surface area contributed by atoms with Crippen LogP contribution in [0.1, 0.15) is 219 Å². The summed E-state index contributed by atoms with van der Waals surface area (Å²) in [6.07, 6.45) is 43.6. The predicted molar refractivity (Wildman–Crippen MR) is 187 cm³/mol. The minimum Gasteiger partial charge on any atom is -0.337 e. The molecule has 4 N–H and O–H groups in total. The molecule has 5 nitrogen and oxygen atoms in total. The molecule has 0 rings (SSSR count). The van der Waals surface area contributed by atoms with Gasteiger partial charge < -0.3 is 5.32 Å². The fraction of sp³-hybridized carbons (Fsp3) is 0.973. The molecule has 0 unspecified atom stereocenters. The number of hydrogen-bond donors (Lipinski definition) is 3. The van der Waals surface area contributed by atoms with E-state index in [1.165, 1.54) is 198 Å². The Morgan fingerprint density at radius 3 is 0.976 bits per heavy atom. The highest BCUT2D eigenvalue weighted by Crippen LogP contribution is 2.15. The van der Waals surface area contributed by atoms with Crippen LogP contribution in [0, 0.1) is 0 Å². The second kappa shape index (κ2) is 36.4. The lowest BCUT2D eigenvalue weighted by Gasteiger charge is -2.21. The lowest BCUT2D eigenvalue weighted by molar-refractivity contribution is 0.169. The molecule has 0 radical (unpaired) electrons. The number of urea groups is 1. The van der Waals surface area contributed by atoms with Gasteiger partial charge in [0, 0.05) is 13.1 Å². The van der Waals surface area contributed by atoms with Crippen molar-refractivity contribution in [1.29, 1.82) is 0 Å². The maximum Gasteiger partial charge on any atom is 0.332 e. The van der Waals surface area contributed by atoms with Gasteiger partial charge in [-0.2, -0.15) is 5.53 Å². The zero-order valence-corrected chi connectivity index (χ0v) is 29.0. The lowest BCUT2D eigenvalue weighted by Crippen LogP contribution is -2.51. The number of carbonyl (C=O) groups excluding carboxylic acids is 1. The van der Waals surface area contributed by atoms with Crippen molar-refractivity contribution in [1.82, 2.24) is 15.9 Å². The first-order valence-electron chi connectivity index (χ1n) is 19.3. The number of nitrogens with one attached hydrogen (secondary N) is 2. The van der Waals surface area contributed by atoms with Crippen LogP contribution in [-0.2, 0) is 0 Å². The Bertz CT molecular complexity index is 516. The highest BCUT2D eigenvalue weighted by atomic mass is 16.2. The van der Waals surface area contributed by atoms with Gasteiger partial charge in [0.05, 0.1) is 0 Å². The van der Waals surface area contributed by atoms with Crippen LogP contribution >= 0.6 is 0 Å². The average molecular weight is 595 g/mol. The van der Waals surface area contributed by atoms with E-state index in [4.69, 9.17) is 5.84 Å². The second-order valence-corrected chi connectivity index (χ2v) is 13.1. The van der Waals surface area contributed by atoms with E-state index in [9.17, 15) is 4.79 Å². The molecule has 0 atom stereocenters. The van der Waals surface area contributed by atoms with Crippen LogP contribution in [0.5, 0.6) is 0 Å². The van der Waals surface area contributed by atoms with Gasteiger partial charge in [0.15, 0.2) is 0 Å². The van der Waals surface area contributed by atoms with E-state index in [0.29, 0.717) is 6.54 Å². The maximum atomic E-state index is 12.4. The molecule has 0 aromatic carbocycles. The predicted octanol–water partition coefficient (Wildman–Crippen LogP) is 11.9.